The van der Waals surface area contributed by atoms with E-state index in [0.29, 0.717) is 22.9 Å². The van der Waals surface area contributed by atoms with Crippen LogP contribution in [0.3, 0.4) is 0 Å². The molecule has 1 aliphatic heterocycles. The zero-order valence-corrected chi connectivity index (χ0v) is 21.0. The quantitative estimate of drug-likeness (QED) is 0.337. The normalized spacial score (nSPS) is 13.3. The Hall–Kier alpha value is -3.91. The Labute approximate surface area is 212 Å². The molecule has 7 nitrogen and oxygen atoms in total. The highest BCUT2D eigenvalue weighted by atomic mass is 32.2. The van der Waals surface area contributed by atoms with Gasteiger partial charge in [-0.05, 0) is 67.6 Å². The summed E-state index contributed by atoms with van der Waals surface area (Å²) in [6, 6.07) is 21.6. The number of para-hydroxylation sites is 2. The molecule has 180 valence electrons. The third-order valence-corrected chi connectivity index (χ3v) is 7.65. The molecule has 0 bridgehead atoms. The van der Waals surface area contributed by atoms with E-state index >= 15 is 0 Å². The molecule has 1 amide bonds. The number of carbonyl (C=O) groups excluding carboxylic acids is 1. The Balaban J connectivity index is 1.43. The van der Waals surface area contributed by atoms with Crippen LogP contribution in [0.1, 0.15) is 23.1 Å². The number of benzene rings is 3. The van der Waals surface area contributed by atoms with Gasteiger partial charge in [0, 0.05) is 12.2 Å². The van der Waals surface area contributed by atoms with E-state index in [-0.39, 0.29) is 17.2 Å². The van der Waals surface area contributed by atoms with Crippen LogP contribution in [0, 0.1) is 13.8 Å². The number of aryl methyl sites for hydroxylation is 3. The zero-order chi connectivity index (χ0) is 24.8. The van der Waals surface area contributed by atoms with Gasteiger partial charge in [-0.15, -0.1) is 10.2 Å². The third-order valence-electron chi connectivity index (χ3n) is 6.74. The monoisotopic (exact) mass is 495 g/mol. The molecule has 0 saturated carbocycles. The summed E-state index contributed by atoms with van der Waals surface area (Å²) in [5, 5.41) is 10.0. The van der Waals surface area contributed by atoms with Crippen LogP contribution >= 0.6 is 11.8 Å². The minimum Gasteiger partial charge on any atom is -0.311 e. The van der Waals surface area contributed by atoms with Gasteiger partial charge in [-0.25, -0.2) is 4.57 Å². The van der Waals surface area contributed by atoms with Crippen LogP contribution in [0.15, 0.2) is 76.7 Å². The van der Waals surface area contributed by atoms with Crippen molar-refractivity contribution in [1.82, 2.24) is 19.2 Å². The summed E-state index contributed by atoms with van der Waals surface area (Å²) in [7, 11) is 0. The number of thioether (sulfide) groups is 1. The van der Waals surface area contributed by atoms with Gasteiger partial charge in [0.25, 0.3) is 5.56 Å². The van der Waals surface area contributed by atoms with Gasteiger partial charge in [-0.3, -0.25) is 14.0 Å². The number of carbonyl (C=O) groups is 1. The second-order valence-corrected chi connectivity index (χ2v) is 10.1. The predicted octanol–water partition coefficient (Wildman–Crippen LogP) is 4.72. The molecule has 0 radical (unpaired) electrons. The van der Waals surface area contributed by atoms with E-state index in [1.54, 1.807) is 4.57 Å². The van der Waals surface area contributed by atoms with E-state index in [9.17, 15) is 9.59 Å². The molecule has 5 aromatic rings. The van der Waals surface area contributed by atoms with E-state index in [4.69, 9.17) is 0 Å². The van der Waals surface area contributed by atoms with Gasteiger partial charge in [0.05, 0.1) is 22.3 Å². The van der Waals surface area contributed by atoms with Crippen molar-refractivity contribution in [3.05, 3.63) is 93.8 Å². The molecule has 36 heavy (non-hydrogen) atoms. The Morgan fingerprint density at radius 1 is 0.972 bits per heavy atom. The van der Waals surface area contributed by atoms with E-state index < -0.39 is 0 Å². The lowest BCUT2D eigenvalue weighted by atomic mass is 10.0. The molecule has 6 rings (SSSR count). The molecule has 0 aliphatic carbocycles. The molecule has 0 fully saturated rings. The predicted molar refractivity (Wildman–Crippen MR) is 143 cm³/mol. The van der Waals surface area contributed by atoms with Crippen molar-refractivity contribution in [3.63, 3.8) is 0 Å². The molecule has 1 aliphatic rings. The minimum absolute atomic E-state index is 0.0380. The van der Waals surface area contributed by atoms with Gasteiger partial charge >= 0.3 is 0 Å². The smallest absolute Gasteiger partial charge is 0.267 e. The number of hydrogen-bond acceptors (Lipinski definition) is 5. The van der Waals surface area contributed by atoms with E-state index in [0.717, 1.165) is 40.9 Å². The molecular formula is C28H25N5O2S. The lowest BCUT2D eigenvalue weighted by molar-refractivity contribution is -0.116. The summed E-state index contributed by atoms with van der Waals surface area (Å²) in [5.74, 6) is 0.702. The number of rotatable bonds is 4. The summed E-state index contributed by atoms with van der Waals surface area (Å²) in [4.78, 5) is 28.8. The molecule has 3 aromatic carbocycles. The summed E-state index contributed by atoms with van der Waals surface area (Å²) in [5.41, 5.74) is 5.58. The van der Waals surface area contributed by atoms with Gasteiger partial charge in [0.15, 0.2) is 5.16 Å². The maximum absolute atomic E-state index is 13.6. The molecule has 2 aromatic heterocycles. The number of aromatic nitrogens is 4. The lowest BCUT2D eigenvalue weighted by Crippen LogP contribution is -2.36. The summed E-state index contributed by atoms with van der Waals surface area (Å²) in [6.45, 7) is 4.70. The first-order valence-corrected chi connectivity index (χ1v) is 13.0. The number of fused-ring (bicyclic) bond motifs is 4. The van der Waals surface area contributed by atoms with Crippen molar-refractivity contribution in [2.24, 2.45) is 0 Å². The van der Waals surface area contributed by atoms with Gasteiger partial charge in [-0.2, -0.15) is 0 Å². The molecule has 0 N–H and O–H groups in total. The molecule has 0 atom stereocenters. The highest BCUT2D eigenvalue weighted by Gasteiger charge is 2.24. The van der Waals surface area contributed by atoms with Crippen LogP contribution < -0.4 is 10.5 Å². The highest BCUT2D eigenvalue weighted by Crippen LogP contribution is 2.29. The summed E-state index contributed by atoms with van der Waals surface area (Å²) >= 11 is 1.35. The Bertz CT molecular complexity index is 1700. The first-order valence-electron chi connectivity index (χ1n) is 12.0. The topological polar surface area (TPSA) is 72.5 Å². The molecule has 0 spiro atoms. The Kier molecular flexibility index (Phi) is 5.60. The average molecular weight is 496 g/mol. The first-order chi connectivity index (χ1) is 17.5. The van der Waals surface area contributed by atoms with Gasteiger partial charge in [0.2, 0.25) is 11.7 Å². The maximum Gasteiger partial charge on any atom is 0.267 e. The Morgan fingerprint density at radius 2 is 1.78 bits per heavy atom. The van der Waals surface area contributed by atoms with Crippen molar-refractivity contribution >= 4 is 40.0 Å². The molecular weight excluding hydrogens is 470 g/mol. The fourth-order valence-electron chi connectivity index (χ4n) is 4.95. The second kappa shape index (κ2) is 8.95. The largest absolute Gasteiger partial charge is 0.311 e. The van der Waals surface area contributed by atoms with Crippen molar-refractivity contribution in [3.8, 4) is 5.69 Å². The number of nitrogens with zero attached hydrogens (tertiary/aromatic N) is 5. The average Bonchev–Trinajstić information content (AvgIpc) is 3.33. The molecule has 0 unspecified atom stereocenters. The van der Waals surface area contributed by atoms with Crippen LogP contribution in [0.5, 0.6) is 0 Å². The van der Waals surface area contributed by atoms with Gasteiger partial charge in [0.1, 0.15) is 0 Å². The molecule has 0 saturated heterocycles. The highest BCUT2D eigenvalue weighted by molar-refractivity contribution is 7.99. The van der Waals surface area contributed by atoms with Crippen LogP contribution in [0.4, 0.5) is 5.69 Å². The SMILES string of the molecule is Cc1ccc(C)c(-n2c(=O)c3ccccc3n3c(SCC(=O)N4CCCc5ccccc54)nnc23)c1. The lowest BCUT2D eigenvalue weighted by Gasteiger charge is -2.29. The van der Waals surface area contributed by atoms with E-state index in [1.165, 1.54) is 17.3 Å². The van der Waals surface area contributed by atoms with Crippen molar-refractivity contribution in [1.29, 1.82) is 0 Å². The van der Waals surface area contributed by atoms with Crippen LogP contribution in [0.2, 0.25) is 0 Å². The molecule has 3 heterocycles. The fourth-order valence-corrected chi connectivity index (χ4v) is 5.76. The second-order valence-electron chi connectivity index (χ2n) is 9.13. The van der Waals surface area contributed by atoms with Crippen LogP contribution in [-0.4, -0.2) is 37.4 Å². The third kappa shape index (κ3) is 3.69. The van der Waals surface area contributed by atoms with Crippen molar-refractivity contribution in [2.45, 2.75) is 31.8 Å². The van der Waals surface area contributed by atoms with Gasteiger partial charge < -0.3 is 4.90 Å². The number of amides is 1. The van der Waals surface area contributed by atoms with E-state index in [1.807, 2.05) is 83.8 Å². The van der Waals surface area contributed by atoms with Crippen LogP contribution in [-0.2, 0) is 11.2 Å². The van der Waals surface area contributed by atoms with Crippen molar-refractivity contribution < 1.29 is 4.79 Å². The summed E-state index contributed by atoms with van der Waals surface area (Å²) in [6.07, 6.45) is 1.94. The summed E-state index contributed by atoms with van der Waals surface area (Å²) < 4.78 is 3.52. The maximum atomic E-state index is 13.6. The standard InChI is InChI=1S/C28H25N5O2S/c1-18-13-14-19(2)24(16-18)32-26(35)21-10-4-6-12-23(21)33-27(32)29-30-28(33)36-17-25(34)31-15-7-9-20-8-3-5-11-22(20)31/h3-6,8,10-14,16H,7,9,15,17H2,1-2H3. The fraction of sp³-hybridized carbons (Fsp3) is 0.214. The minimum atomic E-state index is -0.142. The number of anilines is 1. The first kappa shape index (κ1) is 22.5. The van der Waals surface area contributed by atoms with Crippen LogP contribution in [0.25, 0.3) is 22.4 Å². The van der Waals surface area contributed by atoms with E-state index in [2.05, 4.69) is 16.3 Å². The Morgan fingerprint density at radius 3 is 2.67 bits per heavy atom. The number of hydrogen-bond donors (Lipinski definition) is 0. The molecule has 8 heteroatoms. The zero-order valence-electron chi connectivity index (χ0n) is 20.1. The van der Waals surface area contributed by atoms with Crippen molar-refractivity contribution in [2.75, 3.05) is 17.2 Å². The van der Waals surface area contributed by atoms with Gasteiger partial charge in [-0.1, -0.05) is 54.2 Å².